The first-order valence-corrected chi connectivity index (χ1v) is 10.7. The monoisotopic (exact) mass is 430 g/mol. The maximum absolute atomic E-state index is 13.1. The van der Waals surface area contributed by atoms with Gasteiger partial charge in [-0.25, -0.2) is 9.97 Å². The molecule has 8 heteroatoms. The van der Waals surface area contributed by atoms with Crippen LogP contribution in [0.1, 0.15) is 22.3 Å². The largest absolute Gasteiger partial charge is 0.386 e. The Bertz CT molecular complexity index is 1230. The van der Waals surface area contributed by atoms with Crippen LogP contribution in [0, 0.1) is 0 Å². The highest BCUT2D eigenvalue weighted by Gasteiger charge is 2.38. The van der Waals surface area contributed by atoms with Crippen molar-refractivity contribution in [2.24, 2.45) is 0 Å². The standard InChI is InChI=1S/C24H26N6O2/c1-27(23(31)20-5-2-4-19(14-20)15-28-12-9-25-18-28)16-24(32)8-11-29(17-24)22-7-3-6-21-26-10-13-30(21)22/h2-7,9-10,12-14,18,32H,8,11,15-17H2,1H3/t24-/m0/s1. The molecule has 3 aromatic heterocycles. The van der Waals surface area contributed by atoms with E-state index in [9.17, 15) is 9.90 Å². The zero-order chi connectivity index (χ0) is 22.1. The Morgan fingerprint density at radius 1 is 1.19 bits per heavy atom. The third-order valence-corrected chi connectivity index (χ3v) is 6.04. The lowest BCUT2D eigenvalue weighted by atomic mass is 10.0. The molecule has 4 heterocycles. The van der Waals surface area contributed by atoms with Gasteiger partial charge in [-0.1, -0.05) is 18.2 Å². The quantitative estimate of drug-likeness (QED) is 0.508. The predicted octanol–water partition coefficient (Wildman–Crippen LogP) is 2.29. The summed E-state index contributed by atoms with van der Waals surface area (Å²) in [5.41, 5.74) is 1.55. The Labute approximate surface area is 186 Å². The van der Waals surface area contributed by atoms with Gasteiger partial charge in [-0.15, -0.1) is 0 Å². The van der Waals surface area contributed by atoms with Crippen molar-refractivity contribution in [2.45, 2.75) is 18.6 Å². The van der Waals surface area contributed by atoms with Gasteiger partial charge in [0.1, 0.15) is 17.1 Å². The van der Waals surface area contributed by atoms with Gasteiger partial charge in [0, 0.05) is 57.0 Å². The molecule has 1 amide bonds. The molecular formula is C24H26N6O2. The smallest absolute Gasteiger partial charge is 0.253 e. The van der Waals surface area contributed by atoms with Crippen molar-refractivity contribution in [1.82, 2.24) is 23.8 Å². The van der Waals surface area contributed by atoms with Crippen LogP contribution < -0.4 is 4.90 Å². The zero-order valence-corrected chi connectivity index (χ0v) is 18.0. The van der Waals surface area contributed by atoms with E-state index in [0.717, 1.165) is 23.6 Å². The minimum absolute atomic E-state index is 0.0962. The number of imidazole rings is 2. The fraction of sp³-hybridized carbons (Fsp3) is 0.292. The first kappa shape index (κ1) is 20.3. The third-order valence-electron chi connectivity index (χ3n) is 6.04. The Morgan fingerprint density at radius 3 is 2.91 bits per heavy atom. The number of aliphatic hydroxyl groups is 1. The molecule has 1 atom stereocenters. The summed E-state index contributed by atoms with van der Waals surface area (Å²) < 4.78 is 3.98. The lowest BCUT2D eigenvalue weighted by molar-refractivity contribution is 0.0264. The van der Waals surface area contributed by atoms with Crippen molar-refractivity contribution >= 4 is 17.4 Å². The normalized spacial score (nSPS) is 18.4. The summed E-state index contributed by atoms with van der Waals surface area (Å²) in [5.74, 6) is 0.901. The molecule has 32 heavy (non-hydrogen) atoms. The van der Waals surface area contributed by atoms with Crippen LogP contribution in [0.4, 0.5) is 5.82 Å². The number of anilines is 1. The molecule has 1 fully saturated rings. The van der Waals surface area contributed by atoms with Gasteiger partial charge >= 0.3 is 0 Å². The molecule has 8 nitrogen and oxygen atoms in total. The highest BCUT2D eigenvalue weighted by molar-refractivity contribution is 5.94. The van der Waals surface area contributed by atoms with E-state index in [1.807, 2.05) is 63.8 Å². The van der Waals surface area contributed by atoms with Gasteiger partial charge in [0.25, 0.3) is 5.91 Å². The van der Waals surface area contributed by atoms with Gasteiger partial charge in [-0.3, -0.25) is 9.20 Å². The van der Waals surface area contributed by atoms with Crippen molar-refractivity contribution in [3.05, 3.63) is 84.7 Å². The Balaban J connectivity index is 1.27. The van der Waals surface area contributed by atoms with Crippen molar-refractivity contribution < 1.29 is 9.90 Å². The van der Waals surface area contributed by atoms with Crippen LogP contribution >= 0.6 is 0 Å². The molecule has 1 aliphatic rings. The summed E-state index contributed by atoms with van der Waals surface area (Å²) in [5, 5.41) is 11.3. The Morgan fingerprint density at radius 2 is 2.06 bits per heavy atom. The van der Waals surface area contributed by atoms with E-state index in [1.54, 1.807) is 30.7 Å². The number of aromatic nitrogens is 4. The molecule has 0 spiro atoms. The molecule has 1 aromatic carbocycles. The van der Waals surface area contributed by atoms with E-state index in [1.165, 1.54) is 0 Å². The maximum atomic E-state index is 13.1. The average molecular weight is 431 g/mol. The molecule has 0 bridgehead atoms. The number of likely N-dealkylation sites (N-methyl/N-ethyl adjacent to an activating group) is 1. The summed E-state index contributed by atoms with van der Waals surface area (Å²) in [4.78, 5) is 25.3. The number of hydrogen-bond acceptors (Lipinski definition) is 5. The van der Waals surface area contributed by atoms with Gasteiger partial charge in [0.15, 0.2) is 0 Å². The van der Waals surface area contributed by atoms with Crippen LogP contribution in [0.5, 0.6) is 0 Å². The van der Waals surface area contributed by atoms with Crippen molar-refractivity contribution in [2.75, 3.05) is 31.6 Å². The first-order chi connectivity index (χ1) is 15.5. The Kier molecular flexibility index (Phi) is 5.14. The maximum Gasteiger partial charge on any atom is 0.253 e. The van der Waals surface area contributed by atoms with E-state index < -0.39 is 5.60 Å². The van der Waals surface area contributed by atoms with Gasteiger partial charge in [0.05, 0.1) is 12.9 Å². The summed E-state index contributed by atoms with van der Waals surface area (Å²) in [6.07, 6.45) is 9.68. The number of nitrogens with zero attached hydrogens (tertiary/aromatic N) is 6. The lowest BCUT2D eigenvalue weighted by Gasteiger charge is -2.29. The number of carbonyl (C=O) groups is 1. The van der Waals surface area contributed by atoms with E-state index in [-0.39, 0.29) is 12.5 Å². The highest BCUT2D eigenvalue weighted by Crippen LogP contribution is 2.28. The molecule has 0 radical (unpaired) electrons. The highest BCUT2D eigenvalue weighted by atomic mass is 16.3. The predicted molar refractivity (Wildman–Crippen MR) is 122 cm³/mol. The first-order valence-electron chi connectivity index (χ1n) is 10.7. The van der Waals surface area contributed by atoms with Crippen LogP contribution in [-0.2, 0) is 6.54 Å². The van der Waals surface area contributed by atoms with Crippen LogP contribution in [-0.4, -0.2) is 67.1 Å². The molecule has 0 aliphatic carbocycles. The summed E-state index contributed by atoms with van der Waals surface area (Å²) >= 11 is 0. The number of carbonyl (C=O) groups excluding carboxylic acids is 1. The summed E-state index contributed by atoms with van der Waals surface area (Å²) in [6, 6.07) is 13.6. The molecule has 0 saturated carbocycles. The summed E-state index contributed by atoms with van der Waals surface area (Å²) in [7, 11) is 1.75. The van der Waals surface area contributed by atoms with Gasteiger partial charge < -0.3 is 19.5 Å². The second-order valence-corrected chi connectivity index (χ2v) is 8.53. The van der Waals surface area contributed by atoms with E-state index in [4.69, 9.17) is 0 Å². The SMILES string of the molecule is CN(C[C@@]1(O)CCN(c2cccc3nccn23)C1)C(=O)c1cccc(Cn2ccnc2)c1. The molecular weight excluding hydrogens is 404 g/mol. The van der Waals surface area contributed by atoms with E-state index in [0.29, 0.717) is 25.1 Å². The second kappa shape index (κ2) is 8.12. The molecule has 1 N–H and O–H groups in total. The zero-order valence-electron chi connectivity index (χ0n) is 18.0. The van der Waals surface area contributed by atoms with Gasteiger partial charge in [-0.2, -0.15) is 0 Å². The number of benzene rings is 1. The average Bonchev–Trinajstić information content (AvgIpc) is 3.54. The molecule has 164 valence electrons. The number of amides is 1. The second-order valence-electron chi connectivity index (χ2n) is 8.53. The molecule has 4 aromatic rings. The van der Waals surface area contributed by atoms with Gasteiger partial charge in [-0.05, 0) is 36.2 Å². The number of fused-ring (bicyclic) bond motifs is 1. The van der Waals surface area contributed by atoms with E-state index in [2.05, 4.69) is 14.9 Å². The Hall–Kier alpha value is -3.65. The van der Waals surface area contributed by atoms with Crippen LogP contribution in [0.3, 0.4) is 0 Å². The molecule has 0 unspecified atom stereocenters. The van der Waals surface area contributed by atoms with Crippen molar-refractivity contribution in [3.63, 3.8) is 0 Å². The third kappa shape index (κ3) is 3.97. The number of β-amino-alcohol motifs (C(OH)–C–C–N with tert-alkyl or cyclic N) is 1. The van der Waals surface area contributed by atoms with Crippen LogP contribution in [0.2, 0.25) is 0 Å². The number of rotatable bonds is 6. The minimum atomic E-state index is -0.971. The van der Waals surface area contributed by atoms with E-state index >= 15 is 0 Å². The number of hydrogen-bond donors (Lipinski definition) is 1. The molecule has 1 aliphatic heterocycles. The molecule has 5 rings (SSSR count). The summed E-state index contributed by atoms with van der Waals surface area (Å²) in [6.45, 7) is 2.11. The number of pyridine rings is 1. The van der Waals surface area contributed by atoms with Crippen molar-refractivity contribution in [1.29, 1.82) is 0 Å². The fourth-order valence-corrected chi connectivity index (χ4v) is 4.50. The van der Waals surface area contributed by atoms with Crippen molar-refractivity contribution in [3.8, 4) is 0 Å². The van der Waals surface area contributed by atoms with Gasteiger partial charge in [0.2, 0.25) is 0 Å². The minimum Gasteiger partial charge on any atom is -0.386 e. The molecule has 1 saturated heterocycles. The van der Waals surface area contributed by atoms with Crippen LogP contribution in [0.25, 0.3) is 5.65 Å². The fourth-order valence-electron chi connectivity index (χ4n) is 4.50. The lowest BCUT2D eigenvalue weighted by Crippen LogP contribution is -2.46. The van der Waals surface area contributed by atoms with Crippen LogP contribution in [0.15, 0.2) is 73.6 Å². The topological polar surface area (TPSA) is 78.9 Å².